The molecule has 1 saturated heterocycles. The van der Waals surface area contributed by atoms with Crippen LogP contribution in [0.25, 0.3) is 0 Å². The third kappa shape index (κ3) is 3.91. The van der Waals surface area contributed by atoms with Crippen molar-refractivity contribution in [1.82, 2.24) is 15.6 Å². The fourth-order valence-electron chi connectivity index (χ4n) is 2.14. The fourth-order valence-corrected chi connectivity index (χ4v) is 2.14. The van der Waals surface area contributed by atoms with E-state index in [9.17, 15) is 0 Å². The maximum atomic E-state index is 4.31. The Labute approximate surface area is 97.7 Å². The molecule has 1 atom stereocenters. The molecule has 2 rings (SSSR count). The molecular weight excluding hydrogens is 198 g/mol. The van der Waals surface area contributed by atoms with E-state index in [1.54, 1.807) is 0 Å². The van der Waals surface area contributed by atoms with Gasteiger partial charge >= 0.3 is 0 Å². The van der Waals surface area contributed by atoms with Crippen molar-refractivity contribution >= 4 is 0 Å². The lowest BCUT2D eigenvalue weighted by Crippen LogP contribution is -2.42. The van der Waals surface area contributed by atoms with Gasteiger partial charge in [0.25, 0.3) is 0 Å². The van der Waals surface area contributed by atoms with Crippen molar-refractivity contribution in [2.24, 2.45) is 0 Å². The second-order valence-corrected chi connectivity index (χ2v) is 4.42. The van der Waals surface area contributed by atoms with Crippen LogP contribution in [0.4, 0.5) is 0 Å². The van der Waals surface area contributed by atoms with Crippen LogP contribution in [0.15, 0.2) is 24.4 Å². The molecule has 2 N–H and O–H groups in total. The third-order valence-electron chi connectivity index (χ3n) is 3.09. The van der Waals surface area contributed by atoms with Crippen LogP contribution in [-0.4, -0.2) is 30.7 Å². The zero-order chi connectivity index (χ0) is 11.1. The molecule has 1 aliphatic heterocycles. The van der Waals surface area contributed by atoms with Crippen LogP contribution in [0.3, 0.4) is 0 Å². The highest BCUT2D eigenvalue weighted by Crippen LogP contribution is 2.05. The normalized spacial score (nSPS) is 20.9. The molecule has 0 aromatic carbocycles. The highest BCUT2D eigenvalue weighted by Gasteiger charge is 2.10. The fraction of sp³-hybridized carbons (Fsp3) is 0.615. The molecule has 0 radical (unpaired) electrons. The summed E-state index contributed by atoms with van der Waals surface area (Å²) >= 11 is 0. The predicted molar refractivity (Wildman–Crippen MR) is 66.5 cm³/mol. The summed E-state index contributed by atoms with van der Waals surface area (Å²) in [5, 5.41) is 7.04. The Morgan fingerprint density at radius 1 is 1.38 bits per heavy atom. The molecule has 88 valence electrons. The average Bonchev–Trinajstić information content (AvgIpc) is 2.37. The van der Waals surface area contributed by atoms with E-state index in [1.807, 2.05) is 18.3 Å². The van der Waals surface area contributed by atoms with Gasteiger partial charge in [-0.3, -0.25) is 4.98 Å². The van der Waals surface area contributed by atoms with Crippen molar-refractivity contribution in [3.63, 3.8) is 0 Å². The van der Waals surface area contributed by atoms with E-state index < -0.39 is 0 Å². The molecule has 0 amide bonds. The second-order valence-electron chi connectivity index (χ2n) is 4.42. The minimum absolute atomic E-state index is 0.678. The Bertz CT molecular complexity index is 280. The van der Waals surface area contributed by atoms with Gasteiger partial charge in [-0.25, -0.2) is 0 Å². The molecule has 1 fully saturated rings. The topological polar surface area (TPSA) is 37.0 Å². The van der Waals surface area contributed by atoms with Gasteiger partial charge in [-0.15, -0.1) is 0 Å². The minimum Gasteiger partial charge on any atom is -0.315 e. The van der Waals surface area contributed by atoms with Gasteiger partial charge in [-0.1, -0.05) is 12.5 Å². The minimum atomic E-state index is 0.678. The van der Waals surface area contributed by atoms with Crippen LogP contribution >= 0.6 is 0 Å². The molecule has 3 nitrogen and oxygen atoms in total. The number of pyridine rings is 1. The Morgan fingerprint density at radius 3 is 3.12 bits per heavy atom. The molecule has 0 spiro atoms. The molecule has 16 heavy (non-hydrogen) atoms. The molecule has 1 aromatic heterocycles. The quantitative estimate of drug-likeness (QED) is 0.734. The van der Waals surface area contributed by atoms with E-state index in [2.05, 4.69) is 21.7 Å². The molecule has 0 saturated carbocycles. The van der Waals surface area contributed by atoms with Crippen molar-refractivity contribution < 1.29 is 0 Å². The zero-order valence-electron chi connectivity index (χ0n) is 9.78. The average molecular weight is 219 g/mol. The van der Waals surface area contributed by atoms with Crippen molar-refractivity contribution in [3.8, 4) is 0 Å². The first kappa shape index (κ1) is 11.6. The van der Waals surface area contributed by atoms with Gasteiger partial charge < -0.3 is 10.6 Å². The van der Waals surface area contributed by atoms with E-state index in [0.29, 0.717) is 6.04 Å². The van der Waals surface area contributed by atoms with Crippen LogP contribution in [0.1, 0.15) is 25.0 Å². The molecule has 1 aromatic rings. The molecule has 1 aliphatic rings. The van der Waals surface area contributed by atoms with Crippen LogP contribution in [0.5, 0.6) is 0 Å². The summed E-state index contributed by atoms with van der Waals surface area (Å²) in [5.41, 5.74) is 1.17. The second kappa shape index (κ2) is 6.61. The van der Waals surface area contributed by atoms with Crippen molar-refractivity contribution in [3.05, 3.63) is 30.1 Å². The summed E-state index contributed by atoms with van der Waals surface area (Å²) in [6, 6.07) is 6.77. The first-order valence-corrected chi connectivity index (χ1v) is 6.29. The van der Waals surface area contributed by atoms with Crippen LogP contribution in [-0.2, 0) is 6.42 Å². The first-order chi connectivity index (χ1) is 7.95. The lowest BCUT2D eigenvalue weighted by atomic mass is 10.1. The van der Waals surface area contributed by atoms with Gasteiger partial charge in [0, 0.05) is 37.4 Å². The molecule has 3 heteroatoms. The van der Waals surface area contributed by atoms with Crippen LogP contribution in [0.2, 0.25) is 0 Å². The maximum absolute atomic E-state index is 4.31. The first-order valence-electron chi connectivity index (χ1n) is 6.29. The Morgan fingerprint density at radius 2 is 2.38 bits per heavy atom. The largest absolute Gasteiger partial charge is 0.315 e. The number of hydrogen-bond acceptors (Lipinski definition) is 3. The van der Waals surface area contributed by atoms with E-state index in [4.69, 9.17) is 0 Å². The van der Waals surface area contributed by atoms with E-state index in [-0.39, 0.29) is 0 Å². The molecule has 2 heterocycles. The monoisotopic (exact) mass is 219 g/mol. The van der Waals surface area contributed by atoms with Crippen molar-refractivity contribution in [1.29, 1.82) is 0 Å². The Hall–Kier alpha value is -0.930. The Kier molecular flexibility index (Phi) is 4.77. The highest BCUT2D eigenvalue weighted by molar-refractivity contribution is 5.03. The van der Waals surface area contributed by atoms with Gasteiger partial charge in [-0.05, 0) is 31.5 Å². The van der Waals surface area contributed by atoms with Crippen LogP contribution in [0, 0.1) is 0 Å². The SMILES string of the molecule is c1ccc(CCNCC2CCCCN2)nc1. The number of nitrogens with zero attached hydrogens (tertiary/aromatic N) is 1. The number of hydrogen-bond donors (Lipinski definition) is 2. The van der Waals surface area contributed by atoms with E-state index in [1.165, 1.54) is 31.5 Å². The summed E-state index contributed by atoms with van der Waals surface area (Å²) in [7, 11) is 0. The van der Waals surface area contributed by atoms with Gasteiger partial charge in [0.05, 0.1) is 0 Å². The predicted octanol–water partition coefficient (Wildman–Crippen LogP) is 1.36. The summed E-state index contributed by atoms with van der Waals surface area (Å²) in [4.78, 5) is 4.31. The van der Waals surface area contributed by atoms with Crippen molar-refractivity contribution in [2.45, 2.75) is 31.7 Å². The summed E-state index contributed by atoms with van der Waals surface area (Å²) in [6.07, 6.45) is 6.91. The number of piperidine rings is 1. The number of rotatable bonds is 5. The number of nitrogens with one attached hydrogen (secondary N) is 2. The smallest absolute Gasteiger partial charge is 0.0416 e. The number of aromatic nitrogens is 1. The maximum Gasteiger partial charge on any atom is 0.0416 e. The van der Waals surface area contributed by atoms with Gasteiger partial charge in [0.2, 0.25) is 0 Å². The van der Waals surface area contributed by atoms with Crippen molar-refractivity contribution in [2.75, 3.05) is 19.6 Å². The summed E-state index contributed by atoms with van der Waals surface area (Å²) in [5.74, 6) is 0. The summed E-state index contributed by atoms with van der Waals surface area (Å²) < 4.78 is 0. The zero-order valence-corrected chi connectivity index (χ0v) is 9.78. The molecule has 0 bridgehead atoms. The lowest BCUT2D eigenvalue weighted by Gasteiger charge is -2.23. The lowest BCUT2D eigenvalue weighted by molar-refractivity contribution is 0.384. The third-order valence-corrected chi connectivity index (χ3v) is 3.09. The molecular formula is C13H21N3. The van der Waals surface area contributed by atoms with E-state index >= 15 is 0 Å². The molecule has 1 unspecified atom stereocenters. The van der Waals surface area contributed by atoms with Gasteiger partial charge in [-0.2, -0.15) is 0 Å². The van der Waals surface area contributed by atoms with Gasteiger partial charge in [0.15, 0.2) is 0 Å². The van der Waals surface area contributed by atoms with Gasteiger partial charge in [0.1, 0.15) is 0 Å². The summed E-state index contributed by atoms with van der Waals surface area (Å²) in [6.45, 7) is 3.30. The standard InChI is InChI=1S/C13H21N3/c1-3-8-15-12(5-1)7-10-14-11-13-6-2-4-9-16-13/h1,3,5,8,13-14,16H,2,4,6-7,9-11H2. The van der Waals surface area contributed by atoms with E-state index in [0.717, 1.165) is 19.5 Å². The van der Waals surface area contributed by atoms with Crippen LogP contribution < -0.4 is 10.6 Å². The Balaban J connectivity index is 1.58. The highest BCUT2D eigenvalue weighted by atomic mass is 15.0. The molecule has 0 aliphatic carbocycles.